The van der Waals surface area contributed by atoms with Crippen LogP contribution in [0.1, 0.15) is 123 Å². The van der Waals surface area contributed by atoms with Crippen LogP contribution in [0, 0.1) is 0 Å². The first-order valence-corrected chi connectivity index (χ1v) is 13.3. The molecule has 1 atom stereocenters. The molecule has 0 aliphatic heterocycles. The number of thioether (sulfide) groups is 1. The predicted octanol–water partition coefficient (Wildman–Crippen LogP) is 5.46. The highest BCUT2D eigenvalue weighted by molar-refractivity contribution is 8.13. The number of unbranched alkanes of at least 4 members (excludes halogenated alkanes) is 14. The molecule has 0 spiro atoms. The van der Waals surface area contributed by atoms with E-state index in [1.165, 1.54) is 90.4 Å². The maximum absolute atomic E-state index is 11.8. The van der Waals surface area contributed by atoms with Crippen LogP contribution in [-0.2, 0) is 14.3 Å². The van der Waals surface area contributed by atoms with Crippen molar-refractivity contribution >= 4 is 22.8 Å². The third kappa shape index (κ3) is 21.0. The SMILES string of the molecule is CCCCCCCCCCCCCCCCCC(=O)SCCC(=O)OC(C)C(O)(O)O. The Labute approximate surface area is 193 Å². The third-order valence-corrected chi connectivity index (χ3v) is 6.34. The monoisotopic (exact) mass is 462 g/mol. The zero-order chi connectivity index (χ0) is 23.4. The van der Waals surface area contributed by atoms with Gasteiger partial charge in [0, 0.05) is 12.2 Å². The molecule has 0 aliphatic rings. The first-order valence-electron chi connectivity index (χ1n) is 12.3. The lowest BCUT2D eigenvalue weighted by Gasteiger charge is -2.21. The Morgan fingerprint density at radius 3 is 1.58 bits per heavy atom. The van der Waals surface area contributed by atoms with Gasteiger partial charge in [0.05, 0.1) is 6.42 Å². The summed E-state index contributed by atoms with van der Waals surface area (Å²) in [4.78, 5) is 23.3. The molecule has 7 heteroatoms. The molecule has 0 amide bonds. The van der Waals surface area contributed by atoms with Gasteiger partial charge in [-0.15, -0.1) is 0 Å². The quantitative estimate of drug-likeness (QED) is 0.118. The number of hydrogen-bond acceptors (Lipinski definition) is 7. The molecule has 0 aromatic heterocycles. The highest BCUT2D eigenvalue weighted by Crippen LogP contribution is 2.16. The standard InChI is InChI=1S/C24H46O6S/c1-3-4-5-6-7-8-9-10-11-12-13-14-15-16-17-18-23(26)31-20-19-22(25)30-21(2)24(27,28)29/h21,27-29H,3-20H2,1-2H3. The van der Waals surface area contributed by atoms with Crippen molar-refractivity contribution in [2.24, 2.45) is 0 Å². The molecule has 184 valence electrons. The molecule has 0 saturated heterocycles. The van der Waals surface area contributed by atoms with E-state index in [-0.39, 0.29) is 11.5 Å². The first kappa shape index (κ1) is 30.4. The fourth-order valence-electron chi connectivity index (χ4n) is 3.30. The molecule has 0 aromatic rings. The Balaban J connectivity index is 3.37. The molecule has 0 heterocycles. The highest BCUT2D eigenvalue weighted by Gasteiger charge is 2.31. The van der Waals surface area contributed by atoms with Gasteiger partial charge in [-0.25, -0.2) is 0 Å². The largest absolute Gasteiger partial charge is 0.454 e. The second-order valence-electron chi connectivity index (χ2n) is 8.49. The van der Waals surface area contributed by atoms with Gasteiger partial charge in [0.1, 0.15) is 0 Å². The Bertz CT molecular complexity index is 450. The maximum Gasteiger partial charge on any atom is 0.314 e. The Kier molecular flexibility index (Phi) is 19.6. The van der Waals surface area contributed by atoms with Gasteiger partial charge >= 0.3 is 11.9 Å². The summed E-state index contributed by atoms with van der Waals surface area (Å²) in [7, 11) is 0. The molecular weight excluding hydrogens is 416 g/mol. The van der Waals surface area contributed by atoms with Crippen molar-refractivity contribution in [2.75, 3.05) is 5.75 Å². The smallest absolute Gasteiger partial charge is 0.314 e. The Hall–Kier alpha value is -0.630. The van der Waals surface area contributed by atoms with Crippen LogP contribution in [0.15, 0.2) is 0 Å². The van der Waals surface area contributed by atoms with Gasteiger partial charge in [0.2, 0.25) is 0 Å². The zero-order valence-corrected chi connectivity index (χ0v) is 20.6. The first-order chi connectivity index (χ1) is 14.8. The summed E-state index contributed by atoms with van der Waals surface area (Å²) >= 11 is 1.10. The van der Waals surface area contributed by atoms with Crippen molar-refractivity contribution in [3.8, 4) is 0 Å². The second-order valence-corrected chi connectivity index (χ2v) is 9.64. The number of ether oxygens (including phenoxy) is 1. The van der Waals surface area contributed by atoms with Crippen LogP contribution in [0.2, 0.25) is 0 Å². The Morgan fingerprint density at radius 2 is 1.16 bits per heavy atom. The zero-order valence-electron chi connectivity index (χ0n) is 19.8. The summed E-state index contributed by atoms with van der Waals surface area (Å²) in [5.74, 6) is -3.44. The van der Waals surface area contributed by atoms with E-state index in [0.717, 1.165) is 24.6 Å². The molecule has 0 fully saturated rings. The summed E-state index contributed by atoms with van der Waals surface area (Å²) in [5.41, 5.74) is 0. The fraction of sp³-hybridized carbons (Fsp3) is 0.917. The van der Waals surface area contributed by atoms with Crippen LogP contribution in [0.25, 0.3) is 0 Å². The molecule has 0 aliphatic carbocycles. The van der Waals surface area contributed by atoms with E-state index in [0.29, 0.717) is 12.2 Å². The number of hydrogen-bond donors (Lipinski definition) is 3. The summed E-state index contributed by atoms with van der Waals surface area (Å²) in [5, 5.41) is 26.7. The van der Waals surface area contributed by atoms with Gasteiger partial charge < -0.3 is 20.1 Å². The third-order valence-electron chi connectivity index (χ3n) is 5.41. The molecule has 0 bridgehead atoms. The average Bonchev–Trinajstić information content (AvgIpc) is 2.70. The summed E-state index contributed by atoms with van der Waals surface area (Å²) in [6.45, 7) is 3.43. The minimum Gasteiger partial charge on any atom is -0.454 e. The van der Waals surface area contributed by atoms with Gasteiger partial charge in [0.15, 0.2) is 11.2 Å². The molecule has 0 rings (SSSR count). The van der Waals surface area contributed by atoms with Crippen molar-refractivity contribution in [2.45, 2.75) is 135 Å². The molecule has 6 nitrogen and oxygen atoms in total. The molecule has 0 aromatic carbocycles. The topological polar surface area (TPSA) is 104 Å². The number of carbonyl (C=O) groups excluding carboxylic acids is 2. The van der Waals surface area contributed by atoms with Crippen LogP contribution in [-0.4, -0.2) is 44.2 Å². The lowest BCUT2D eigenvalue weighted by Crippen LogP contribution is -2.42. The van der Waals surface area contributed by atoms with Crippen molar-refractivity contribution in [1.82, 2.24) is 0 Å². The lowest BCUT2D eigenvalue weighted by molar-refractivity contribution is -0.352. The maximum atomic E-state index is 11.8. The Morgan fingerprint density at radius 1 is 0.742 bits per heavy atom. The van der Waals surface area contributed by atoms with Gasteiger partial charge in [-0.3, -0.25) is 9.59 Å². The summed E-state index contributed by atoms with van der Waals surface area (Å²) in [6.07, 6.45) is 18.4. The number of rotatable bonds is 21. The van der Waals surface area contributed by atoms with E-state index in [9.17, 15) is 9.59 Å². The minimum atomic E-state index is -3.05. The van der Waals surface area contributed by atoms with E-state index in [4.69, 9.17) is 15.3 Å². The van der Waals surface area contributed by atoms with E-state index in [2.05, 4.69) is 11.7 Å². The van der Waals surface area contributed by atoms with Crippen molar-refractivity contribution in [3.63, 3.8) is 0 Å². The minimum absolute atomic E-state index is 0.0182. The highest BCUT2D eigenvalue weighted by atomic mass is 32.2. The summed E-state index contributed by atoms with van der Waals surface area (Å²) in [6, 6.07) is 0. The van der Waals surface area contributed by atoms with E-state index in [1.54, 1.807) is 0 Å². The fourth-order valence-corrected chi connectivity index (χ4v) is 4.08. The number of esters is 1. The molecule has 0 saturated carbocycles. The van der Waals surface area contributed by atoms with Crippen LogP contribution >= 0.6 is 11.8 Å². The molecule has 3 N–H and O–H groups in total. The van der Waals surface area contributed by atoms with Crippen LogP contribution in [0.3, 0.4) is 0 Å². The van der Waals surface area contributed by atoms with E-state index in [1.807, 2.05) is 0 Å². The molecule has 0 radical (unpaired) electrons. The van der Waals surface area contributed by atoms with Crippen molar-refractivity contribution in [3.05, 3.63) is 0 Å². The molecule has 31 heavy (non-hydrogen) atoms. The van der Waals surface area contributed by atoms with Crippen LogP contribution in [0.5, 0.6) is 0 Å². The van der Waals surface area contributed by atoms with Gasteiger partial charge in [-0.1, -0.05) is 109 Å². The van der Waals surface area contributed by atoms with E-state index >= 15 is 0 Å². The van der Waals surface area contributed by atoms with Gasteiger partial charge in [-0.05, 0) is 13.3 Å². The van der Waals surface area contributed by atoms with Crippen molar-refractivity contribution in [1.29, 1.82) is 0 Å². The van der Waals surface area contributed by atoms with Gasteiger partial charge in [-0.2, -0.15) is 0 Å². The van der Waals surface area contributed by atoms with Crippen LogP contribution < -0.4 is 0 Å². The summed E-state index contributed by atoms with van der Waals surface area (Å²) < 4.78 is 4.67. The van der Waals surface area contributed by atoms with Crippen molar-refractivity contribution < 1.29 is 29.6 Å². The second kappa shape index (κ2) is 20.0. The van der Waals surface area contributed by atoms with Crippen LogP contribution in [0.4, 0.5) is 0 Å². The predicted molar refractivity (Wildman–Crippen MR) is 127 cm³/mol. The normalized spacial score (nSPS) is 12.7. The molecule has 1 unspecified atom stereocenters. The number of carbonyl (C=O) groups is 2. The van der Waals surface area contributed by atoms with Gasteiger partial charge in [0.25, 0.3) is 0 Å². The molecular formula is C24H46O6S. The average molecular weight is 463 g/mol. The number of aliphatic hydroxyl groups is 3. The van der Waals surface area contributed by atoms with E-state index < -0.39 is 18.0 Å². The lowest BCUT2D eigenvalue weighted by atomic mass is 10.0.